The van der Waals surface area contributed by atoms with E-state index in [1.807, 2.05) is 48.5 Å². The second kappa shape index (κ2) is 5.49. The summed E-state index contributed by atoms with van der Waals surface area (Å²) < 4.78 is 5.74. The highest BCUT2D eigenvalue weighted by Gasteiger charge is 2.23. The minimum Gasteiger partial charge on any atom is -0.490 e. The van der Waals surface area contributed by atoms with Gasteiger partial charge in [0.05, 0.1) is 6.10 Å². The molecule has 0 aliphatic heterocycles. The Labute approximate surface area is 119 Å². The molecule has 1 saturated carbocycles. The largest absolute Gasteiger partial charge is 0.490 e. The van der Waals surface area contributed by atoms with E-state index in [1.54, 1.807) is 0 Å². The SMILES string of the molecule is CCc1ccc(C(=O)c2cccc(OC3CC3)c2)cc1. The molecule has 0 unspecified atom stereocenters. The molecule has 2 nitrogen and oxygen atoms in total. The Bertz CT molecular complexity index is 610. The molecular weight excluding hydrogens is 248 g/mol. The fraction of sp³-hybridized carbons (Fsp3) is 0.278. The summed E-state index contributed by atoms with van der Waals surface area (Å²) in [5, 5.41) is 0. The molecule has 102 valence electrons. The quantitative estimate of drug-likeness (QED) is 0.764. The standard InChI is InChI=1S/C18H18O2/c1-2-13-6-8-14(9-7-13)18(19)15-4-3-5-17(12-15)20-16-10-11-16/h3-9,12,16H,2,10-11H2,1H3. The number of aryl methyl sites for hydroxylation is 1. The summed E-state index contributed by atoms with van der Waals surface area (Å²) >= 11 is 0. The van der Waals surface area contributed by atoms with Crippen LogP contribution in [0.4, 0.5) is 0 Å². The number of hydrogen-bond donors (Lipinski definition) is 0. The molecule has 0 atom stereocenters. The van der Waals surface area contributed by atoms with E-state index in [9.17, 15) is 4.79 Å². The van der Waals surface area contributed by atoms with Crippen LogP contribution in [0.1, 0.15) is 41.3 Å². The number of rotatable bonds is 5. The molecule has 0 saturated heterocycles. The topological polar surface area (TPSA) is 26.3 Å². The lowest BCUT2D eigenvalue weighted by atomic mass is 10.0. The number of carbonyl (C=O) groups is 1. The van der Waals surface area contributed by atoms with Gasteiger partial charge < -0.3 is 4.74 Å². The summed E-state index contributed by atoms with van der Waals surface area (Å²) in [4.78, 5) is 12.4. The number of ether oxygens (including phenoxy) is 1. The van der Waals surface area contributed by atoms with Gasteiger partial charge in [0.2, 0.25) is 0 Å². The molecule has 1 aliphatic rings. The highest BCUT2D eigenvalue weighted by molar-refractivity contribution is 6.09. The smallest absolute Gasteiger partial charge is 0.193 e. The van der Waals surface area contributed by atoms with Crippen LogP contribution < -0.4 is 4.74 Å². The summed E-state index contributed by atoms with van der Waals surface area (Å²) in [5.74, 6) is 0.845. The van der Waals surface area contributed by atoms with Gasteiger partial charge in [0.25, 0.3) is 0 Å². The number of benzene rings is 2. The van der Waals surface area contributed by atoms with Gasteiger partial charge in [0.15, 0.2) is 5.78 Å². The van der Waals surface area contributed by atoms with Gasteiger partial charge in [-0.15, -0.1) is 0 Å². The van der Waals surface area contributed by atoms with Gasteiger partial charge in [0, 0.05) is 11.1 Å². The Morgan fingerprint density at radius 3 is 2.50 bits per heavy atom. The summed E-state index contributed by atoms with van der Waals surface area (Å²) in [5.41, 5.74) is 2.66. The Hall–Kier alpha value is -2.09. The number of carbonyl (C=O) groups excluding carboxylic acids is 1. The molecule has 0 N–H and O–H groups in total. The maximum absolute atomic E-state index is 12.4. The maximum Gasteiger partial charge on any atom is 0.193 e. The lowest BCUT2D eigenvalue weighted by Crippen LogP contribution is -2.03. The van der Waals surface area contributed by atoms with Crippen LogP contribution >= 0.6 is 0 Å². The molecule has 0 aromatic heterocycles. The van der Waals surface area contributed by atoms with E-state index in [-0.39, 0.29) is 5.78 Å². The van der Waals surface area contributed by atoms with Crippen LogP contribution in [0.5, 0.6) is 5.75 Å². The zero-order valence-electron chi connectivity index (χ0n) is 11.6. The highest BCUT2D eigenvalue weighted by atomic mass is 16.5. The van der Waals surface area contributed by atoms with Crippen molar-refractivity contribution in [3.8, 4) is 5.75 Å². The molecule has 1 aliphatic carbocycles. The number of hydrogen-bond acceptors (Lipinski definition) is 2. The predicted octanol–water partition coefficient (Wildman–Crippen LogP) is 4.02. The molecule has 0 spiro atoms. The minimum absolute atomic E-state index is 0.0499. The second-order valence-corrected chi connectivity index (χ2v) is 5.22. The Morgan fingerprint density at radius 2 is 1.85 bits per heavy atom. The summed E-state index contributed by atoms with van der Waals surface area (Å²) in [6, 6.07) is 15.3. The average molecular weight is 266 g/mol. The van der Waals surface area contributed by atoms with Crippen molar-refractivity contribution < 1.29 is 9.53 Å². The first-order valence-corrected chi connectivity index (χ1v) is 7.16. The van der Waals surface area contributed by atoms with Gasteiger partial charge in [0.1, 0.15) is 5.75 Å². The van der Waals surface area contributed by atoms with Crippen molar-refractivity contribution in [2.45, 2.75) is 32.3 Å². The van der Waals surface area contributed by atoms with Gasteiger partial charge in [-0.1, -0.05) is 43.3 Å². The van der Waals surface area contributed by atoms with Crippen LogP contribution in [0.3, 0.4) is 0 Å². The average Bonchev–Trinajstić information content (AvgIpc) is 3.31. The molecule has 2 aromatic carbocycles. The van der Waals surface area contributed by atoms with Crippen molar-refractivity contribution in [1.82, 2.24) is 0 Å². The van der Waals surface area contributed by atoms with Gasteiger partial charge >= 0.3 is 0 Å². The molecule has 3 rings (SSSR count). The minimum atomic E-state index is 0.0499. The third kappa shape index (κ3) is 2.90. The second-order valence-electron chi connectivity index (χ2n) is 5.22. The van der Waals surface area contributed by atoms with Crippen molar-refractivity contribution in [3.63, 3.8) is 0 Å². The summed E-state index contributed by atoms with van der Waals surface area (Å²) in [6.45, 7) is 2.11. The molecule has 0 heterocycles. The van der Waals surface area contributed by atoms with Gasteiger partial charge in [-0.05, 0) is 37.0 Å². The maximum atomic E-state index is 12.4. The fourth-order valence-corrected chi connectivity index (χ4v) is 2.15. The zero-order chi connectivity index (χ0) is 13.9. The van der Waals surface area contributed by atoms with Gasteiger partial charge in [-0.3, -0.25) is 4.79 Å². The first-order valence-electron chi connectivity index (χ1n) is 7.16. The van der Waals surface area contributed by atoms with E-state index in [4.69, 9.17) is 4.74 Å². The van der Waals surface area contributed by atoms with Crippen molar-refractivity contribution in [1.29, 1.82) is 0 Å². The van der Waals surface area contributed by atoms with Crippen LogP contribution in [0.25, 0.3) is 0 Å². The van der Waals surface area contributed by atoms with E-state index in [2.05, 4.69) is 6.92 Å². The molecule has 20 heavy (non-hydrogen) atoms. The molecule has 0 bridgehead atoms. The fourth-order valence-electron chi connectivity index (χ4n) is 2.15. The highest BCUT2D eigenvalue weighted by Crippen LogP contribution is 2.27. The van der Waals surface area contributed by atoms with Crippen molar-refractivity contribution in [2.24, 2.45) is 0 Å². The van der Waals surface area contributed by atoms with E-state index in [1.165, 1.54) is 5.56 Å². The van der Waals surface area contributed by atoms with Gasteiger partial charge in [-0.25, -0.2) is 0 Å². The van der Waals surface area contributed by atoms with Gasteiger partial charge in [-0.2, -0.15) is 0 Å². The molecule has 1 fully saturated rings. The summed E-state index contributed by atoms with van der Waals surface area (Å²) in [6.07, 6.45) is 3.58. The zero-order valence-corrected chi connectivity index (χ0v) is 11.6. The summed E-state index contributed by atoms with van der Waals surface area (Å²) in [7, 11) is 0. The van der Waals surface area contributed by atoms with Crippen LogP contribution in [0.15, 0.2) is 48.5 Å². The molecule has 2 aromatic rings. The van der Waals surface area contributed by atoms with Crippen LogP contribution in [0, 0.1) is 0 Å². The molecule has 0 radical (unpaired) electrons. The van der Waals surface area contributed by atoms with Crippen LogP contribution in [-0.4, -0.2) is 11.9 Å². The molecular formula is C18H18O2. The predicted molar refractivity (Wildman–Crippen MR) is 79.3 cm³/mol. The lowest BCUT2D eigenvalue weighted by molar-refractivity contribution is 0.103. The van der Waals surface area contributed by atoms with E-state index in [0.29, 0.717) is 11.7 Å². The monoisotopic (exact) mass is 266 g/mol. The lowest BCUT2D eigenvalue weighted by Gasteiger charge is -2.07. The molecule has 0 amide bonds. The Balaban J connectivity index is 1.81. The first-order chi connectivity index (χ1) is 9.76. The normalized spacial score (nSPS) is 14.1. The van der Waals surface area contributed by atoms with Crippen molar-refractivity contribution in [2.75, 3.05) is 0 Å². The third-order valence-electron chi connectivity index (χ3n) is 3.55. The van der Waals surface area contributed by atoms with E-state index >= 15 is 0 Å². The molecule has 2 heteroatoms. The number of ketones is 1. The third-order valence-corrected chi connectivity index (χ3v) is 3.55. The van der Waals surface area contributed by atoms with E-state index < -0.39 is 0 Å². The van der Waals surface area contributed by atoms with Crippen molar-refractivity contribution >= 4 is 5.78 Å². The Morgan fingerprint density at radius 1 is 1.10 bits per heavy atom. The Kier molecular flexibility index (Phi) is 3.55. The first kappa shape index (κ1) is 12.9. The van der Waals surface area contributed by atoms with Crippen molar-refractivity contribution in [3.05, 3.63) is 65.2 Å². The van der Waals surface area contributed by atoms with Crippen LogP contribution in [-0.2, 0) is 6.42 Å². The van der Waals surface area contributed by atoms with Crippen LogP contribution in [0.2, 0.25) is 0 Å². The van der Waals surface area contributed by atoms with E-state index in [0.717, 1.165) is 30.6 Å².